The van der Waals surface area contributed by atoms with Crippen LogP contribution in [-0.2, 0) is 10.8 Å². The first kappa shape index (κ1) is 36.4. The molecule has 0 saturated heterocycles. The van der Waals surface area contributed by atoms with Gasteiger partial charge in [0.2, 0.25) is 0 Å². The number of fused-ring (bicyclic) bond motifs is 7. The van der Waals surface area contributed by atoms with Gasteiger partial charge in [-0.1, -0.05) is 179 Å². The van der Waals surface area contributed by atoms with Crippen LogP contribution in [0, 0.1) is 0 Å². The van der Waals surface area contributed by atoms with Crippen molar-refractivity contribution >= 4 is 66.4 Å². The van der Waals surface area contributed by atoms with Crippen LogP contribution in [0.1, 0.15) is 49.9 Å². The third-order valence-electron chi connectivity index (χ3n) is 14.0. The molecule has 0 spiro atoms. The number of nitrogens with zero attached hydrogens (tertiary/aromatic N) is 2. The maximum Gasteiger partial charge on any atom is 0.0502 e. The van der Waals surface area contributed by atoms with E-state index in [-0.39, 0.29) is 10.8 Å². The van der Waals surface area contributed by atoms with E-state index in [1.165, 1.54) is 99.6 Å². The van der Waals surface area contributed by atoms with Crippen LogP contribution < -0.4 is 9.80 Å². The molecule has 0 aromatic heterocycles. The lowest BCUT2D eigenvalue weighted by Crippen LogP contribution is -2.30. The van der Waals surface area contributed by atoms with Crippen molar-refractivity contribution in [3.63, 3.8) is 0 Å². The number of para-hydroxylation sites is 4. The molecule has 2 heterocycles. The summed E-state index contributed by atoms with van der Waals surface area (Å²) in [5, 5.41) is 7.39. The molecule has 12 rings (SSSR count). The lowest BCUT2D eigenvalue weighted by Gasteiger charge is -2.42. The van der Waals surface area contributed by atoms with Crippen molar-refractivity contribution in [2.24, 2.45) is 0 Å². The molecule has 0 bridgehead atoms. The van der Waals surface area contributed by atoms with Crippen LogP contribution >= 0.6 is 0 Å². The summed E-state index contributed by atoms with van der Waals surface area (Å²) in [6, 6.07) is 76.9. The van der Waals surface area contributed by atoms with Gasteiger partial charge in [0.15, 0.2) is 0 Å². The molecule has 62 heavy (non-hydrogen) atoms. The Morgan fingerprint density at radius 3 is 1.15 bits per heavy atom. The van der Waals surface area contributed by atoms with Crippen molar-refractivity contribution in [1.82, 2.24) is 0 Å². The van der Waals surface area contributed by atoms with E-state index in [9.17, 15) is 0 Å². The van der Waals surface area contributed by atoms with Crippen LogP contribution in [0.4, 0.5) is 34.1 Å². The Bertz CT molecular complexity index is 3160. The Hall–Kier alpha value is -7.42. The molecule has 2 aliphatic rings. The van der Waals surface area contributed by atoms with Gasteiger partial charge in [0.1, 0.15) is 0 Å². The van der Waals surface area contributed by atoms with Gasteiger partial charge in [-0.05, 0) is 131 Å². The molecular formula is C60H46N2. The standard InChI is InChI=1S/C60H46N2/c1-59(2)49-22-10-14-26-53(49)61(54-27-15-11-23-50(54)59)43-32-34-45-47(37-43)57(40-19-6-5-7-20-40)48-38-44(33-35-46(48)58(45)42-31-30-39-18-8-9-21-41(39)36-42)62-55-28-16-12-24-51(55)60(3,4)52-25-13-17-29-56(52)62/h5-38H,1-4H3. The smallest absolute Gasteiger partial charge is 0.0502 e. The summed E-state index contributed by atoms with van der Waals surface area (Å²) in [5.41, 5.74) is 17.1. The van der Waals surface area contributed by atoms with E-state index in [0.29, 0.717) is 0 Å². The summed E-state index contributed by atoms with van der Waals surface area (Å²) >= 11 is 0. The lowest BCUT2D eigenvalue weighted by molar-refractivity contribution is 0.632. The zero-order valence-corrected chi connectivity index (χ0v) is 35.5. The van der Waals surface area contributed by atoms with Crippen molar-refractivity contribution in [2.45, 2.75) is 38.5 Å². The molecule has 0 radical (unpaired) electrons. The van der Waals surface area contributed by atoms with Crippen LogP contribution in [0.2, 0.25) is 0 Å². The van der Waals surface area contributed by atoms with Crippen LogP contribution in [-0.4, -0.2) is 0 Å². The van der Waals surface area contributed by atoms with Crippen molar-refractivity contribution in [3.05, 3.63) is 229 Å². The highest BCUT2D eigenvalue weighted by Gasteiger charge is 2.38. The second-order valence-electron chi connectivity index (χ2n) is 18.1. The zero-order chi connectivity index (χ0) is 41.7. The zero-order valence-electron chi connectivity index (χ0n) is 35.5. The minimum absolute atomic E-state index is 0.146. The molecule has 10 aromatic rings. The van der Waals surface area contributed by atoms with Crippen LogP contribution in [0.3, 0.4) is 0 Å². The van der Waals surface area contributed by atoms with E-state index in [1.54, 1.807) is 0 Å². The number of rotatable bonds is 4. The molecule has 0 unspecified atom stereocenters. The average molecular weight is 795 g/mol. The molecule has 0 fully saturated rings. The topological polar surface area (TPSA) is 6.48 Å². The molecule has 296 valence electrons. The minimum Gasteiger partial charge on any atom is -0.310 e. The van der Waals surface area contributed by atoms with E-state index in [2.05, 4.69) is 244 Å². The van der Waals surface area contributed by atoms with Gasteiger partial charge < -0.3 is 9.80 Å². The molecule has 0 saturated carbocycles. The number of benzene rings is 10. The second kappa shape index (κ2) is 13.5. The Morgan fingerprint density at radius 1 is 0.290 bits per heavy atom. The minimum atomic E-state index is -0.146. The van der Waals surface area contributed by atoms with Gasteiger partial charge in [0.25, 0.3) is 0 Å². The molecule has 0 amide bonds. The van der Waals surface area contributed by atoms with Gasteiger partial charge in [-0.2, -0.15) is 0 Å². The quantitative estimate of drug-likeness (QED) is 0.164. The maximum atomic E-state index is 2.49. The summed E-state index contributed by atoms with van der Waals surface area (Å²) in [7, 11) is 0. The first-order valence-corrected chi connectivity index (χ1v) is 21.9. The third-order valence-corrected chi connectivity index (χ3v) is 14.0. The van der Waals surface area contributed by atoms with Crippen LogP contribution in [0.5, 0.6) is 0 Å². The molecule has 2 aliphatic heterocycles. The largest absolute Gasteiger partial charge is 0.310 e. The summed E-state index contributed by atoms with van der Waals surface area (Å²) in [6.07, 6.45) is 0. The first-order chi connectivity index (χ1) is 30.3. The average Bonchev–Trinajstić information content (AvgIpc) is 3.31. The van der Waals surface area contributed by atoms with Gasteiger partial charge in [0, 0.05) is 22.2 Å². The first-order valence-electron chi connectivity index (χ1n) is 21.9. The summed E-state index contributed by atoms with van der Waals surface area (Å²) in [4.78, 5) is 4.98. The summed E-state index contributed by atoms with van der Waals surface area (Å²) in [6.45, 7) is 9.43. The Balaban J connectivity index is 1.20. The van der Waals surface area contributed by atoms with Crippen molar-refractivity contribution in [1.29, 1.82) is 0 Å². The van der Waals surface area contributed by atoms with E-state index in [1.807, 2.05) is 0 Å². The van der Waals surface area contributed by atoms with Gasteiger partial charge >= 0.3 is 0 Å². The molecule has 0 aliphatic carbocycles. The lowest BCUT2D eigenvalue weighted by atomic mass is 9.73. The number of hydrogen-bond donors (Lipinski definition) is 0. The SMILES string of the molecule is CC1(C)c2ccccc2N(c2ccc3c(-c4ccc5ccccc5c4)c4ccc(N5c6ccccc6C(C)(C)c6ccccc65)cc4c(-c4ccccc4)c3c2)c2ccccc21. The van der Waals surface area contributed by atoms with E-state index in [4.69, 9.17) is 0 Å². The van der Waals surface area contributed by atoms with E-state index < -0.39 is 0 Å². The van der Waals surface area contributed by atoms with Crippen molar-refractivity contribution in [3.8, 4) is 22.3 Å². The molecule has 10 aromatic carbocycles. The van der Waals surface area contributed by atoms with E-state index >= 15 is 0 Å². The highest BCUT2D eigenvalue weighted by Crippen LogP contribution is 2.55. The van der Waals surface area contributed by atoms with Crippen LogP contribution in [0.25, 0.3) is 54.6 Å². The fourth-order valence-corrected chi connectivity index (χ4v) is 10.9. The predicted octanol–water partition coefficient (Wildman–Crippen LogP) is 16.7. The Labute approximate surface area is 364 Å². The Kier molecular flexibility index (Phi) is 7.96. The van der Waals surface area contributed by atoms with Gasteiger partial charge in [-0.25, -0.2) is 0 Å². The fraction of sp³-hybridized carbons (Fsp3) is 0.100. The fourth-order valence-electron chi connectivity index (χ4n) is 10.9. The van der Waals surface area contributed by atoms with Crippen LogP contribution in [0.15, 0.2) is 206 Å². The third kappa shape index (κ3) is 5.29. The van der Waals surface area contributed by atoms with E-state index in [0.717, 1.165) is 11.4 Å². The van der Waals surface area contributed by atoms with Gasteiger partial charge in [0.05, 0.1) is 22.7 Å². The molecular weight excluding hydrogens is 749 g/mol. The highest BCUT2D eigenvalue weighted by atomic mass is 15.2. The van der Waals surface area contributed by atoms with Crippen molar-refractivity contribution < 1.29 is 0 Å². The number of anilines is 6. The monoisotopic (exact) mass is 794 g/mol. The second-order valence-corrected chi connectivity index (χ2v) is 18.1. The predicted molar refractivity (Wildman–Crippen MR) is 263 cm³/mol. The van der Waals surface area contributed by atoms with Gasteiger partial charge in [-0.3, -0.25) is 0 Å². The highest BCUT2D eigenvalue weighted by molar-refractivity contribution is 6.23. The maximum absolute atomic E-state index is 2.49. The molecule has 0 N–H and O–H groups in total. The molecule has 2 nitrogen and oxygen atoms in total. The Morgan fingerprint density at radius 2 is 0.677 bits per heavy atom. The summed E-state index contributed by atoms with van der Waals surface area (Å²) < 4.78 is 0. The van der Waals surface area contributed by atoms with Crippen molar-refractivity contribution in [2.75, 3.05) is 9.80 Å². The normalized spacial score (nSPS) is 14.6. The molecule has 0 atom stereocenters. The molecule has 2 heteroatoms. The van der Waals surface area contributed by atoms with Gasteiger partial charge in [-0.15, -0.1) is 0 Å². The number of hydrogen-bond acceptors (Lipinski definition) is 2. The summed E-state index contributed by atoms with van der Waals surface area (Å²) in [5.74, 6) is 0.